The monoisotopic (exact) mass is 288 g/mol. The molecule has 0 bridgehead atoms. The van der Waals surface area contributed by atoms with Crippen molar-refractivity contribution in [2.45, 2.75) is 45.1 Å². The lowest BCUT2D eigenvalue weighted by molar-refractivity contribution is 0.0518. The molecule has 1 aliphatic carbocycles. The Morgan fingerprint density at radius 1 is 1.05 bits per heavy atom. The molecular formula is C16H24N4O. The highest BCUT2D eigenvalue weighted by Gasteiger charge is 2.27. The van der Waals surface area contributed by atoms with Crippen LogP contribution in [0.25, 0.3) is 0 Å². The lowest BCUT2D eigenvalue weighted by atomic mass is 9.94. The lowest BCUT2D eigenvalue weighted by Gasteiger charge is -2.40. The van der Waals surface area contributed by atoms with E-state index in [0.29, 0.717) is 5.69 Å². The van der Waals surface area contributed by atoms with E-state index in [-0.39, 0.29) is 5.91 Å². The molecule has 5 nitrogen and oxygen atoms in total. The van der Waals surface area contributed by atoms with Crippen molar-refractivity contribution >= 4 is 5.91 Å². The molecule has 1 amide bonds. The number of aromatic nitrogens is 2. The third-order valence-electron chi connectivity index (χ3n) is 4.69. The predicted molar refractivity (Wildman–Crippen MR) is 81.1 cm³/mol. The molecule has 1 aliphatic heterocycles. The number of aryl methyl sites for hydroxylation is 1. The molecule has 1 saturated heterocycles. The van der Waals surface area contributed by atoms with Gasteiger partial charge in [-0.2, -0.15) is 0 Å². The van der Waals surface area contributed by atoms with Crippen LogP contribution in [0.5, 0.6) is 0 Å². The molecular weight excluding hydrogens is 264 g/mol. The number of piperazine rings is 1. The second-order valence-corrected chi connectivity index (χ2v) is 6.16. The Hall–Kier alpha value is -1.49. The maximum absolute atomic E-state index is 12.4. The lowest BCUT2D eigenvalue weighted by Crippen LogP contribution is -2.52. The Kier molecular flexibility index (Phi) is 4.48. The van der Waals surface area contributed by atoms with Gasteiger partial charge in [-0.3, -0.25) is 14.7 Å². The van der Waals surface area contributed by atoms with Crippen LogP contribution >= 0.6 is 0 Å². The van der Waals surface area contributed by atoms with E-state index in [2.05, 4.69) is 14.9 Å². The van der Waals surface area contributed by atoms with Crippen LogP contribution in [0.2, 0.25) is 0 Å². The van der Waals surface area contributed by atoms with Gasteiger partial charge < -0.3 is 4.90 Å². The highest BCUT2D eigenvalue weighted by molar-refractivity contribution is 5.92. The maximum atomic E-state index is 12.4. The summed E-state index contributed by atoms with van der Waals surface area (Å²) in [5.74, 6) is 0.0193. The first-order chi connectivity index (χ1) is 10.2. The largest absolute Gasteiger partial charge is 0.335 e. The Bertz CT molecular complexity index is 474. The maximum Gasteiger partial charge on any atom is 0.274 e. The van der Waals surface area contributed by atoms with Crippen molar-refractivity contribution in [3.63, 3.8) is 0 Å². The SMILES string of the molecule is Cc1cnc(C(=O)N2CCN(C3CCCCC3)CC2)cn1. The summed E-state index contributed by atoms with van der Waals surface area (Å²) in [5.41, 5.74) is 1.31. The fourth-order valence-corrected chi connectivity index (χ4v) is 3.40. The molecule has 0 unspecified atom stereocenters. The van der Waals surface area contributed by atoms with Crippen molar-refractivity contribution in [1.29, 1.82) is 0 Å². The Labute approximate surface area is 126 Å². The van der Waals surface area contributed by atoms with Crippen molar-refractivity contribution in [1.82, 2.24) is 19.8 Å². The van der Waals surface area contributed by atoms with Crippen molar-refractivity contribution in [3.05, 3.63) is 23.8 Å². The quantitative estimate of drug-likeness (QED) is 0.833. The summed E-state index contributed by atoms with van der Waals surface area (Å²) in [4.78, 5) is 25.2. The molecule has 0 radical (unpaired) electrons. The van der Waals surface area contributed by atoms with Gasteiger partial charge in [-0.05, 0) is 19.8 Å². The smallest absolute Gasteiger partial charge is 0.274 e. The van der Waals surface area contributed by atoms with Crippen LogP contribution in [-0.4, -0.2) is 57.9 Å². The number of hydrogen-bond acceptors (Lipinski definition) is 4. The van der Waals surface area contributed by atoms with Crippen molar-refractivity contribution in [2.75, 3.05) is 26.2 Å². The zero-order valence-electron chi connectivity index (χ0n) is 12.8. The van der Waals surface area contributed by atoms with Gasteiger partial charge in [0, 0.05) is 38.4 Å². The molecule has 1 aromatic heterocycles. The molecule has 1 aromatic rings. The van der Waals surface area contributed by atoms with E-state index in [9.17, 15) is 4.79 Å². The Morgan fingerprint density at radius 3 is 2.38 bits per heavy atom. The molecule has 1 saturated carbocycles. The van der Waals surface area contributed by atoms with Crippen LogP contribution < -0.4 is 0 Å². The topological polar surface area (TPSA) is 49.3 Å². The summed E-state index contributed by atoms with van der Waals surface area (Å²) in [6, 6.07) is 0.746. The van der Waals surface area contributed by atoms with Crippen LogP contribution in [0.4, 0.5) is 0 Å². The van der Waals surface area contributed by atoms with E-state index in [4.69, 9.17) is 0 Å². The van der Waals surface area contributed by atoms with E-state index < -0.39 is 0 Å². The molecule has 0 N–H and O–H groups in total. The Morgan fingerprint density at radius 2 is 1.76 bits per heavy atom. The van der Waals surface area contributed by atoms with E-state index >= 15 is 0 Å². The van der Waals surface area contributed by atoms with Crippen LogP contribution in [0.15, 0.2) is 12.4 Å². The van der Waals surface area contributed by atoms with Gasteiger partial charge in [0.2, 0.25) is 0 Å². The summed E-state index contributed by atoms with van der Waals surface area (Å²) in [5, 5.41) is 0. The van der Waals surface area contributed by atoms with Crippen molar-refractivity contribution in [2.24, 2.45) is 0 Å². The molecule has 21 heavy (non-hydrogen) atoms. The van der Waals surface area contributed by atoms with Gasteiger partial charge in [0.15, 0.2) is 0 Å². The number of amides is 1. The average Bonchev–Trinajstić information content (AvgIpc) is 2.56. The van der Waals surface area contributed by atoms with Crippen LogP contribution in [0.3, 0.4) is 0 Å². The highest BCUT2D eigenvalue weighted by atomic mass is 16.2. The van der Waals surface area contributed by atoms with Gasteiger partial charge in [-0.1, -0.05) is 19.3 Å². The minimum Gasteiger partial charge on any atom is -0.335 e. The zero-order valence-corrected chi connectivity index (χ0v) is 12.8. The summed E-state index contributed by atoms with van der Waals surface area (Å²) in [6.45, 7) is 5.49. The van der Waals surface area contributed by atoms with Crippen molar-refractivity contribution < 1.29 is 4.79 Å². The number of rotatable bonds is 2. The van der Waals surface area contributed by atoms with Gasteiger partial charge in [-0.15, -0.1) is 0 Å². The van der Waals surface area contributed by atoms with Crippen LogP contribution in [0, 0.1) is 6.92 Å². The molecule has 0 spiro atoms. The van der Waals surface area contributed by atoms with E-state index in [1.54, 1.807) is 12.4 Å². The normalized spacial score (nSPS) is 21.5. The average molecular weight is 288 g/mol. The molecule has 0 atom stereocenters. The standard InChI is InChI=1S/C16H24N4O/c1-13-11-18-15(12-17-13)16(21)20-9-7-19(8-10-20)14-5-3-2-4-6-14/h11-12,14H,2-10H2,1H3. The first-order valence-electron chi connectivity index (χ1n) is 8.06. The summed E-state index contributed by atoms with van der Waals surface area (Å²) in [7, 11) is 0. The first-order valence-corrected chi connectivity index (χ1v) is 8.06. The molecule has 0 aromatic carbocycles. The number of carbonyl (C=O) groups is 1. The molecule has 5 heteroatoms. The first kappa shape index (κ1) is 14.4. The molecule has 114 valence electrons. The molecule has 3 rings (SSSR count). The number of carbonyl (C=O) groups excluding carboxylic acids is 1. The van der Waals surface area contributed by atoms with Gasteiger partial charge in [0.1, 0.15) is 5.69 Å². The summed E-state index contributed by atoms with van der Waals surface area (Å²) < 4.78 is 0. The second-order valence-electron chi connectivity index (χ2n) is 6.16. The minimum atomic E-state index is 0.0193. The van der Waals surface area contributed by atoms with E-state index in [1.165, 1.54) is 32.1 Å². The van der Waals surface area contributed by atoms with Crippen LogP contribution in [-0.2, 0) is 0 Å². The third-order valence-corrected chi connectivity index (χ3v) is 4.69. The molecule has 2 fully saturated rings. The highest BCUT2D eigenvalue weighted by Crippen LogP contribution is 2.23. The summed E-state index contributed by atoms with van der Waals surface area (Å²) >= 11 is 0. The number of nitrogens with zero attached hydrogens (tertiary/aromatic N) is 4. The zero-order chi connectivity index (χ0) is 14.7. The van der Waals surface area contributed by atoms with E-state index in [1.807, 2.05) is 11.8 Å². The van der Waals surface area contributed by atoms with E-state index in [0.717, 1.165) is 37.9 Å². The van der Waals surface area contributed by atoms with Gasteiger partial charge in [0.25, 0.3) is 5.91 Å². The second kappa shape index (κ2) is 6.52. The third kappa shape index (κ3) is 3.40. The fraction of sp³-hybridized carbons (Fsp3) is 0.688. The fourth-order valence-electron chi connectivity index (χ4n) is 3.40. The van der Waals surface area contributed by atoms with Crippen molar-refractivity contribution in [3.8, 4) is 0 Å². The summed E-state index contributed by atoms with van der Waals surface area (Å²) in [6.07, 6.45) is 10.0. The van der Waals surface area contributed by atoms with Gasteiger partial charge >= 0.3 is 0 Å². The molecule has 2 aliphatic rings. The van der Waals surface area contributed by atoms with Gasteiger partial charge in [0.05, 0.1) is 11.9 Å². The minimum absolute atomic E-state index is 0.0193. The number of hydrogen-bond donors (Lipinski definition) is 0. The molecule has 2 heterocycles. The van der Waals surface area contributed by atoms with Gasteiger partial charge in [-0.25, -0.2) is 4.98 Å². The predicted octanol–water partition coefficient (Wildman–Crippen LogP) is 1.88. The van der Waals surface area contributed by atoms with Crippen LogP contribution in [0.1, 0.15) is 48.3 Å². The Balaban J connectivity index is 1.55.